The lowest BCUT2D eigenvalue weighted by molar-refractivity contribution is -0.111. The summed E-state index contributed by atoms with van der Waals surface area (Å²) < 4.78 is 5.91. The molecule has 0 radical (unpaired) electrons. The summed E-state index contributed by atoms with van der Waals surface area (Å²) in [5, 5.41) is 0. The summed E-state index contributed by atoms with van der Waals surface area (Å²) in [6.45, 7) is 1.60. The zero-order valence-electron chi connectivity index (χ0n) is 17.4. The number of ether oxygens (including phenoxy) is 1. The normalized spacial score (nSPS) is 15.3. The number of rotatable bonds is 7. The smallest absolute Gasteiger partial charge is 0.340 e. The van der Waals surface area contributed by atoms with Crippen molar-refractivity contribution < 1.29 is 14.3 Å². The Labute approximate surface area is 182 Å². The Bertz CT molecular complexity index is 982. The molecule has 4 rings (SSSR count). The summed E-state index contributed by atoms with van der Waals surface area (Å²) >= 11 is 0. The van der Waals surface area contributed by atoms with Gasteiger partial charge in [0.25, 0.3) is 0 Å². The second-order valence-electron chi connectivity index (χ2n) is 7.86. The first-order chi connectivity index (χ1) is 15.2. The number of pyridine rings is 1. The summed E-state index contributed by atoms with van der Waals surface area (Å²) in [6, 6.07) is 23.4. The van der Waals surface area contributed by atoms with E-state index in [-0.39, 0.29) is 18.0 Å². The molecule has 1 aromatic heterocycles. The zero-order chi connectivity index (χ0) is 21.5. The highest BCUT2D eigenvalue weighted by Gasteiger charge is 2.21. The quantitative estimate of drug-likeness (QED) is 0.416. The minimum atomic E-state index is -0.386. The average molecular weight is 415 g/mol. The Morgan fingerprint density at radius 3 is 2.29 bits per heavy atom. The highest BCUT2D eigenvalue weighted by Crippen LogP contribution is 2.25. The number of esters is 1. The molecule has 0 bridgehead atoms. The summed E-state index contributed by atoms with van der Waals surface area (Å²) in [4.78, 5) is 30.4. The highest BCUT2D eigenvalue weighted by molar-refractivity contribution is 5.89. The maximum Gasteiger partial charge on any atom is 0.340 e. The fourth-order valence-corrected chi connectivity index (χ4v) is 3.88. The van der Waals surface area contributed by atoms with Crippen molar-refractivity contribution in [3.05, 3.63) is 95.7 Å². The first-order valence-electron chi connectivity index (χ1n) is 10.7. The van der Waals surface area contributed by atoms with Gasteiger partial charge in [0.15, 0.2) is 0 Å². The van der Waals surface area contributed by atoms with Crippen molar-refractivity contribution in [2.24, 2.45) is 5.92 Å². The summed E-state index contributed by atoms with van der Waals surface area (Å²) in [7, 11) is 0. The van der Waals surface area contributed by atoms with Gasteiger partial charge >= 0.3 is 5.97 Å². The van der Waals surface area contributed by atoms with Crippen LogP contribution in [0.2, 0.25) is 0 Å². The Balaban J connectivity index is 1.45. The second-order valence-corrected chi connectivity index (χ2v) is 7.86. The SMILES string of the molecule is O=CC1CCN(c2ccc(C(=O)OC(Cc3ccccc3)c3ccccc3)cn2)CC1. The van der Waals surface area contributed by atoms with Crippen LogP contribution in [0, 0.1) is 5.92 Å². The van der Waals surface area contributed by atoms with Crippen molar-refractivity contribution in [1.82, 2.24) is 4.98 Å². The molecular formula is C26H26N2O3. The monoisotopic (exact) mass is 414 g/mol. The molecule has 1 unspecified atom stereocenters. The van der Waals surface area contributed by atoms with E-state index in [0.29, 0.717) is 12.0 Å². The third-order valence-corrected chi connectivity index (χ3v) is 5.72. The number of carbonyl (C=O) groups excluding carboxylic acids is 2. The minimum absolute atomic E-state index is 0.144. The van der Waals surface area contributed by atoms with Crippen molar-refractivity contribution in [3.63, 3.8) is 0 Å². The van der Waals surface area contributed by atoms with Crippen molar-refractivity contribution in [2.75, 3.05) is 18.0 Å². The fraction of sp³-hybridized carbons (Fsp3) is 0.269. The molecule has 1 aliphatic rings. The van der Waals surface area contributed by atoms with Gasteiger partial charge in [-0.25, -0.2) is 9.78 Å². The molecule has 1 aliphatic heterocycles. The van der Waals surface area contributed by atoms with Gasteiger partial charge in [-0.2, -0.15) is 0 Å². The van der Waals surface area contributed by atoms with Crippen LogP contribution >= 0.6 is 0 Å². The van der Waals surface area contributed by atoms with Crippen molar-refractivity contribution in [1.29, 1.82) is 0 Å². The van der Waals surface area contributed by atoms with Gasteiger partial charge in [-0.15, -0.1) is 0 Å². The Kier molecular flexibility index (Phi) is 6.72. The number of piperidine rings is 1. The first-order valence-corrected chi connectivity index (χ1v) is 10.7. The third kappa shape index (κ3) is 5.37. The van der Waals surface area contributed by atoms with Crippen LogP contribution in [0.25, 0.3) is 0 Å². The second kappa shape index (κ2) is 10.0. The van der Waals surface area contributed by atoms with E-state index in [9.17, 15) is 9.59 Å². The molecule has 158 valence electrons. The van der Waals surface area contributed by atoms with E-state index in [1.54, 1.807) is 12.3 Å². The average Bonchev–Trinajstić information content (AvgIpc) is 2.85. The highest BCUT2D eigenvalue weighted by atomic mass is 16.5. The Hall–Kier alpha value is -3.47. The van der Waals surface area contributed by atoms with Gasteiger partial charge in [0.2, 0.25) is 0 Å². The number of aromatic nitrogens is 1. The van der Waals surface area contributed by atoms with Gasteiger partial charge in [-0.3, -0.25) is 0 Å². The van der Waals surface area contributed by atoms with E-state index >= 15 is 0 Å². The molecule has 1 saturated heterocycles. The fourth-order valence-electron chi connectivity index (χ4n) is 3.88. The predicted molar refractivity (Wildman–Crippen MR) is 120 cm³/mol. The largest absolute Gasteiger partial charge is 0.453 e. The lowest BCUT2D eigenvalue weighted by Gasteiger charge is -2.30. The zero-order valence-corrected chi connectivity index (χ0v) is 17.4. The van der Waals surface area contributed by atoms with Crippen LogP contribution in [-0.2, 0) is 16.0 Å². The van der Waals surface area contributed by atoms with Crippen molar-refractivity contribution in [2.45, 2.75) is 25.4 Å². The third-order valence-electron chi connectivity index (χ3n) is 5.72. The molecule has 2 heterocycles. The van der Waals surface area contributed by atoms with Crippen LogP contribution in [0.1, 0.15) is 40.4 Å². The molecule has 0 aliphatic carbocycles. The molecule has 31 heavy (non-hydrogen) atoms. The van der Waals surface area contributed by atoms with Crippen LogP contribution in [-0.4, -0.2) is 30.3 Å². The van der Waals surface area contributed by atoms with Crippen LogP contribution in [0.3, 0.4) is 0 Å². The predicted octanol–water partition coefficient (Wildman–Crippen LogP) is 4.64. The number of anilines is 1. The molecular weight excluding hydrogens is 388 g/mol. The maximum atomic E-state index is 12.9. The van der Waals surface area contributed by atoms with Crippen LogP contribution in [0.15, 0.2) is 79.0 Å². The lowest BCUT2D eigenvalue weighted by Crippen LogP contribution is -2.34. The van der Waals surface area contributed by atoms with Gasteiger partial charge in [0, 0.05) is 31.6 Å². The summed E-state index contributed by atoms with van der Waals surface area (Å²) in [6.07, 6.45) is 4.53. The first kappa shape index (κ1) is 20.8. The number of aldehydes is 1. The molecule has 2 aromatic carbocycles. The molecule has 1 atom stereocenters. The summed E-state index contributed by atoms with van der Waals surface area (Å²) in [5.74, 6) is 0.582. The molecule has 5 heteroatoms. The van der Waals surface area contributed by atoms with E-state index in [1.807, 2.05) is 66.7 Å². The summed E-state index contributed by atoms with van der Waals surface area (Å²) in [5.41, 5.74) is 2.50. The molecule has 0 spiro atoms. The number of hydrogen-bond acceptors (Lipinski definition) is 5. The van der Waals surface area contributed by atoms with Gasteiger partial charge in [-0.1, -0.05) is 60.7 Å². The Morgan fingerprint density at radius 1 is 1.00 bits per heavy atom. The van der Waals surface area contributed by atoms with Gasteiger partial charge in [0.1, 0.15) is 18.2 Å². The number of benzene rings is 2. The van der Waals surface area contributed by atoms with E-state index in [2.05, 4.69) is 9.88 Å². The van der Waals surface area contributed by atoms with Crippen LogP contribution in [0.5, 0.6) is 0 Å². The van der Waals surface area contributed by atoms with Crippen molar-refractivity contribution in [3.8, 4) is 0 Å². The molecule has 0 amide bonds. The standard InChI is InChI=1S/C26H26N2O3/c29-19-21-13-15-28(16-14-21)25-12-11-23(18-27-25)26(30)31-24(22-9-5-2-6-10-22)17-20-7-3-1-4-8-20/h1-12,18-19,21,24H,13-17H2. The van der Waals surface area contributed by atoms with Gasteiger partial charge in [-0.05, 0) is 36.1 Å². The van der Waals surface area contributed by atoms with E-state index < -0.39 is 0 Å². The van der Waals surface area contributed by atoms with E-state index in [4.69, 9.17) is 4.74 Å². The number of carbonyl (C=O) groups is 2. The Morgan fingerprint density at radius 2 is 1.68 bits per heavy atom. The molecule has 0 saturated carbocycles. The molecule has 1 fully saturated rings. The lowest BCUT2D eigenvalue weighted by atomic mass is 9.99. The molecule has 3 aromatic rings. The van der Waals surface area contributed by atoms with Gasteiger partial charge < -0.3 is 14.4 Å². The molecule has 0 N–H and O–H groups in total. The molecule has 5 nitrogen and oxygen atoms in total. The maximum absolute atomic E-state index is 12.9. The minimum Gasteiger partial charge on any atom is -0.453 e. The number of hydrogen-bond donors (Lipinski definition) is 0. The van der Waals surface area contributed by atoms with E-state index in [1.165, 1.54) is 0 Å². The van der Waals surface area contributed by atoms with Gasteiger partial charge in [0.05, 0.1) is 5.56 Å². The van der Waals surface area contributed by atoms with Crippen molar-refractivity contribution >= 4 is 18.1 Å². The van der Waals surface area contributed by atoms with Crippen LogP contribution < -0.4 is 4.90 Å². The van der Waals surface area contributed by atoms with Crippen LogP contribution in [0.4, 0.5) is 5.82 Å². The topological polar surface area (TPSA) is 59.5 Å². The number of nitrogens with zero attached hydrogens (tertiary/aromatic N) is 2. The van der Waals surface area contributed by atoms with E-state index in [0.717, 1.165) is 49.2 Å².